The smallest absolute Gasteiger partial charge is 0.225 e. The molecule has 0 aliphatic carbocycles. The Kier molecular flexibility index (Phi) is 2.73. The van der Waals surface area contributed by atoms with Crippen LogP contribution in [0.1, 0.15) is 18.2 Å². The van der Waals surface area contributed by atoms with Crippen LogP contribution in [0.2, 0.25) is 0 Å². The van der Waals surface area contributed by atoms with Crippen molar-refractivity contribution in [2.45, 2.75) is 20.4 Å². The Balaban J connectivity index is 2.03. The Morgan fingerprint density at radius 1 is 1.14 bits per heavy atom. The van der Waals surface area contributed by atoms with Gasteiger partial charge in [-0.3, -0.25) is 9.69 Å². The molecule has 0 atom stereocenters. The largest absolute Gasteiger partial charge is 0.292 e. The molecule has 1 amide bonds. The number of pyridine rings is 2. The van der Waals surface area contributed by atoms with E-state index in [4.69, 9.17) is 4.98 Å². The summed E-state index contributed by atoms with van der Waals surface area (Å²) in [5.41, 5.74) is 4.77. The second-order valence-electron chi connectivity index (χ2n) is 5.62. The maximum atomic E-state index is 12.0. The minimum absolute atomic E-state index is 0.00170. The molecule has 0 radical (unpaired) electrons. The van der Waals surface area contributed by atoms with Gasteiger partial charge in [-0.05, 0) is 36.8 Å². The van der Waals surface area contributed by atoms with E-state index in [2.05, 4.69) is 11.1 Å². The monoisotopic (exact) mass is 289 g/mol. The van der Waals surface area contributed by atoms with Crippen LogP contribution in [-0.4, -0.2) is 15.9 Å². The second-order valence-corrected chi connectivity index (χ2v) is 5.62. The zero-order chi connectivity index (χ0) is 15.3. The summed E-state index contributed by atoms with van der Waals surface area (Å²) < 4.78 is 0. The standard InChI is InChI=1S/C18H15N3O/c1-11-7-8-15-17-14(10-21(12(2)22)18(15)19-11)9-13-5-3-4-6-16(13)20-17/h3-9H,10H2,1-2H3. The summed E-state index contributed by atoms with van der Waals surface area (Å²) in [4.78, 5) is 23.1. The number of amides is 1. The maximum absolute atomic E-state index is 12.0. The summed E-state index contributed by atoms with van der Waals surface area (Å²) >= 11 is 0. The van der Waals surface area contributed by atoms with Crippen molar-refractivity contribution in [3.8, 4) is 11.3 Å². The van der Waals surface area contributed by atoms with Gasteiger partial charge >= 0.3 is 0 Å². The number of benzene rings is 1. The zero-order valence-corrected chi connectivity index (χ0v) is 12.5. The molecule has 0 fully saturated rings. The summed E-state index contributed by atoms with van der Waals surface area (Å²) in [7, 11) is 0. The molecule has 0 saturated carbocycles. The van der Waals surface area contributed by atoms with Crippen LogP contribution in [0, 0.1) is 6.92 Å². The van der Waals surface area contributed by atoms with Gasteiger partial charge in [0.15, 0.2) is 0 Å². The second kappa shape index (κ2) is 4.63. The van der Waals surface area contributed by atoms with Crippen LogP contribution in [0.5, 0.6) is 0 Å². The Bertz CT molecular complexity index is 917. The first-order valence-corrected chi connectivity index (χ1v) is 7.28. The number of fused-ring (bicyclic) bond motifs is 4. The molecule has 4 nitrogen and oxygen atoms in total. The quantitative estimate of drug-likeness (QED) is 0.636. The van der Waals surface area contributed by atoms with Gasteiger partial charge in [0.25, 0.3) is 0 Å². The third-order valence-corrected chi connectivity index (χ3v) is 4.04. The number of aromatic nitrogens is 2. The van der Waals surface area contributed by atoms with E-state index in [1.807, 2.05) is 43.3 Å². The number of nitrogens with zero attached hydrogens (tertiary/aromatic N) is 3. The van der Waals surface area contributed by atoms with Crippen LogP contribution in [0.25, 0.3) is 22.2 Å². The molecule has 0 spiro atoms. The van der Waals surface area contributed by atoms with E-state index in [0.717, 1.165) is 33.4 Å². The number of aryl methyl sites for hydroxylation is 1. The minimum atomic E-state index is -0.00170. The summed E-state index contributed by atoms with van der Waals surface area (Å²) in [6.45, 7) is 4.03. The van der Waals surface area contributed by atoms with E-state index < -0.39 is 0 Å². The predicted molar refractivity (Wildman–Crippen MR) is 86.6 cm³/mol. The Morgan fingerprint density at radius 3 is 2.77 bits per heavy atom. The highest BCUT2D eigenvalue weighted by Gasteiger charge is 2.27. The van der Waals surface area contributed by atoms with Crippen molar-refractivity contribution in [3.63, 3.8) is 0 Å². The molecule has 3 heterocycles. The van der Waals surface area contributed by atoms with Gasteiger partial charge in [0.1, 0.15) is 5.82 Å². The normalized spacial score (nSPS) is 12.9. The highest BCUT2D eigenvalue weighted by molar-refractivity contribution is 5.98. The fourth-order valence-electron chi connectivity index (χ4n) is 2.95. The molecule has 0 unspecified atom stereocenters. The van der Waals surface area contributed by atoms with Crippen LogP contribution in [0.3, 0.4) is 0 Å². The van der Waals surface area contributed by atoms with E-state index in [1.54, 1.807) is 11.8 Å². The van der Waals surface area contributed by atoms with E-state index >= 15 is 0 Å². The van der Waals surface area contributed by atoms with E-state index in [0.29, 0.717) is 12.4 Å². The van der Waals surface area contributed by atoms with E-state index in [-0.39, 0.29) is 5.91 Å². The maximum Gasteiger partial charge on any atom is 0.225 e. The van der Waals surface area contributed by atoms with Gasteiger partial charge in [0.2, 0.25) is 5.91 Å². The number of hydrogen-bond donors (Lipinski definition) is 0. The number of hydrogen-bond acceptors (Lipinski definition) is 3. The lowest BCUT2D eigenvalue weighted by molar-refractivity contribution is -0.116. The third-order valence-electron chi connectivity index (χ3n) is 4.04. The molecule has 1 aliphatic rings. The van der Waals surface area contributed by atoms with Crippen LogP contribution < -0.4 is 4.90 Å². The third kappa shape index (κ3) is 1.88. The van der Waals surface area contributed by atoms with Gasteiger partial charge in [0.05, 0.1) is 17.8 Å². The number of carbonyl (C=O) groups is 1. The van der Waals surface area contributed by atoms with Crippen molar-refractivity contribution < 1.29 is 4.79 Å². The molecule has 4 heteroatoms. The number of anilines is 1. The lowest BCUT2D eigenvalue weighted by Crippen LogP contribution is -2.32. The van der Waals surface area contributed by atoms with Crippen molar-refractivity contribution in [1.29, 1.82) is 0 Å². The van der Waals surface area contributed by atoms with Crippen LogP contribution in [-0.2, 0) is 11.3 Å². The average molecular weight is 289 g/mol. The zero-order valence-electron chi connectivity index (χ0n) is 12.5. The first-order valence-electron chi connectivity index (χ1n) is 7.28. The summed E-state index contributed by atoms with van der Waals surface area (Å²) in [5.74, 6) is 0.709. The number of carbonyl (C=O) groups excluding carboxylic acids is 1. The first kappa shape index (κ1) is 13.0. The molecule has 1 aromatic carbocycles. The van der Waals surface area contributed by atoms with Crippen LogP contribution >= 0.6 is 0 Å². The highest BCUT2D eigenvalue weighted by Crippen LogP contribution is 2.38. The lowest BCUT2D eigenvalue weighted by atomic mass is 9.99. The molecule has 3 aromatic rings. The van der Waals surface area contributed by atoms with Gasteiger partial charge in [-0.15, -0.1) is 0 Å². The molecule has 1 aliphatic heterocycles. The molecule has 4 rings (SSSR count). The summed E-state index contributed by atoms with van der Waals surface area (Å²) in [6, 6.07) is 14.1. The summed E-state index contributed by atoms with van der Waals surface area (Å²) in [5, 5.41) is 1.09. The molecule has 0 N–H and O–H groups in total. The van der Waals surface area contributed by atoms with Crippen molar-refractivity contribution in [3.05, 3.63) is 53.7 Å². The fraction of sp³-hybridized carbons (Fsp3) is 0.167. The van der Waals surface area contributed by atoms with Gasteiger partial charge in [-0.1, -0.05) is 18.2 Å². The molecule has 0 saturated heterocycles. The Labute approximate surface area is 128 Å². The average Bonchev–Trinajstić information content (AvgIpc) is 2.51. The molecular formula is C18H15N3O. The summed E-state index contributed by atoms with van der Waals surface area (Å²) in [6.07, 6.45) is 0. The van der Waals surface area contributed by atoms with E-state index in [9.17, 15) is 4.79 Å². The molecule has 2 aromatic heterocycles. The Hall–Kier alpha value is -2.75. The molecule has 22 heavy (non-hydrogen) atoms. The predicted octanol–water partition coefficient (Wildman–Crippen LogP) is 3.47. The van der Waals surface area contributed by atoms with Gasteiger partial charge < -0.3 is 0 Å². The van der Waals surface area contributed by atoms with Gasteiger partial charge in [-0.25, -0.2) is 9.97 Å². The minimum Gasteiger partial charge on any atom is -0.292 e. The van der Waals surface area contributed by atoms with Crippen molar-refractivity contribution in [2.75, 3.05) is 4.90 Å². The van der Waals surface area contributed by atoms with Crippen molar-refractivity contribution >= 4 is 22.6 Å². The van der Waals surface area contributed by atoms with Crippen LogP contribution in [0.15, 0.2) is 42.5 Å². The fourth-order valence-corrected chi connectivity index (χ4v) is 2.95. The van der Waals surface area contributed by atoms with Crippen LogP contribution in [0.4, 0.5) is 5.82 Å². The highest BCUT2D eigenvalue weighted by atomic mass is 16.2. The molecular weight excluding hydrogens is 274 g/mol. The van der Waals surface area contributed by atoms with Crippen molar-refractivity contribution in [2.24, 2.45) is 0 Å². The molecule has 108 valence electrons. The Morgan fingerprint density at radius 2 is 1.95 bits per heavy atom. The lowest BCUT2D eigenvalue weighted by Gasteiger charge is -2.29. The number of rotatable bonds is 0. The molecule has 0 bridgehead atoms. The first-order chi connectivity index (χ1) is 10.6. The topological polar surface area (TPSA) is 46.1 Å². The van der Waals surface area contributed by atoms with Gasteiger partial charge in [0, 0.05) is 23.6 Å². The van der Waals surface area contributed by atoms with Gasteiger partial charge in [-0.2, -0.15) is 0 Å². The number of para-hydroxylation sites is 1. The SMILES string of the molecule is CC(=O)N1Cc2cc3ccccc3nc2-c2ccc(C)nc21. The van der Waals surface area contributed by atoms with E-state index in [1.165, 1.54) is 0 Å². The van der Waals surface area contributed by atoms with Crippen molar-refractivity contribution in [1.82, 2.24) is 9.97 Å².